The Balaban J connectivity index is 1.87. The zero-order valence-electron chi connectivity index (χ0n) is 20.1. The van der Waals surface area contributed by atoms with Crippen LogP contribution in [0.1, 0.15) is 76.5 Å². The van der Waals surface area contributed by atoms with Crippen LogP contribution in [0, 0.1) is 5.92 Å². The SMILES string of the molecule is C=C(c1nc(NC(C)CCC)ncc1/C(=N\C)OC1CCS(=O)(=O)CC1)[C@H]1CC[C@H](O)CC1. The highest BCUT2D eigenvalue weighted by Crippen LogP contribution is 2.35. The Hall–Kier alpha value is -2.00. The number of aliphatic imine (C=N–C) groups is 1. The lowest BCUT2D eigenvalue weighted by molar-refractivity contribution is 0.119. The molecule has 2 aliphatic rings. The Labute approximate surface area is 197 Å². The van der Waals surface area contributed by atoms with Gasteiger partial charge in [0.15, 0.2) is 9.84 Å². The van der Waals surface area contributed by atoms with Crippen LogP contribution in [0.25, 0.3) is 5.57 Å². The van der Waals surface area contributed by atoms with E-state index < -0.39 is 9.84 Å². The number of aromatic nitrogens is 2. The van der Waals surface area contributed by atoms with Crippen molar-refractivity contribution in [1.82, 2.24) is 9.97 Å². The number of aliphatic hydroxyl groups excluding tert-OH is 1. The number of sulfone groups is 1. The molecule has 2 N–H and O–H groups in total. The summed E-state index contributed by atoms with van der Waals surface area (Å²) < 4.78 is 29.8. The molecule has 2 heterocycles. The molecule has 1 saturated carbocycles. The van der Waals surface area contributed by atoms with Gasteiger partial charge in [0.1, 0.15) is 6.10 Å². The zero-order valence-corrected chi connectivity index (χ0v) is 20.9. The summed E-state index contributed by atoms with van der Waals surface area (Å²) in [5, 5.41) is 13.3. The molecule has 1 unspecified atom stereocenters. The van der Waals surface area contributed by atoms with Crippen molar-refractivity contribution in [2.75, 3.05) is 23.9 Å². The van der Waals surface area contributed by atoms with E-state index in [4.69, 9.17) is 9.72 Å². The molecule has 8 nitrogen and oxygen atoms in total. The van der Waals surface area contributed by atoms with Crippen molar-refractivity contribution >= 4 is 27.3 Å². The second-order valence-corrected chi connectivity index (χ2v) is 11.6. The Morgan fingerprint density at radius 2 is 1.94 bits per heavy atom. The number of nitrogens with zero attached hydrogens (tertiary/aromatic N) is 3. The lowest BCUT2D eigenvalue weighted by Gasteiger charge is -2.28. The smallest absolute Gasteiger partial charge is 0.223 e. The molecule has 0 amide bonds. The topological polar surface area (TPSA) is 114 Å². The fraction of sp³-hybridized carbons (Fsp3) is 0.708. The van der Waals surface area contributed by atoms with E-state index in [1.165, 1.54) is 0 Å². The first-order valence-electron chi connectivity index (χ1n) is 12.1. The van der Waals surface area contributed by atoms with Crippen LogP contribution in [-0.4, -0.2) is 66.2 Å². The van der Waals surface area contributed by atoms with Gasteiger partial charge in [0, 0.05) is 19.3 Å². The average Bonchev–Trinajstić information content (AvgIpc) is 2.79. The van der Waals surface area contributed by atoms with Crippen LogP contribution in [0.15, 0.2) is 17.8 Å². The number of rotatable bonds is 8. The van der Waals surface area contributed by atoms with E-state index in [9.17, 15) is 13.5 Å². The summed E-state index contributed by atoms with van der Waals surface area (Å²) in [6, 6.07) is 0.242. The van der Waals surface area contributed by atoms with Gasteiger partial charge >= 0.3 is 0 Å². The fourth-order valence-corrected chi connectivity index (χ4v) is 6.02. The maximum atomic E-state index is 11.8. The molecule has 0 radical (unpaired) electrons. The van der Waals surface area contributed by atoms with Gasteiger partial charge in [-0.15, -0.1) is 0 Å². The minimum atomic E-state index is -2.97. The Bertz CT molecular complexity index is 941. The summed E-state index contributed by atoms with van der Waals surface area (Å²) >= 11 is 0. The molecule has 0 spiro atoms. The lowest BCUT2D eigenvalue weighted by Crippen LogP contribution is -2.31. The van der Waals surface area contributed by atoms with Gasteiger partial charge in [-0.3, -0.25) is 4.99 Å². The molecule has 184 valence electrons. The maximum absolute atomic E-state index is 11.8. The number of hydrogen-bond acceptors (Lipinski definition) is 8. The Morgan fingerprint density at radius 1 is 1.27 bits per heavy atom. The van der Waals surface area contributed by atoms with Gasteiger partial charge in [-0.05, 0) is 63.4 Å². The van der Waals surface area contributed by atoms with Crippen molar-refractivity contribution in [3.8, 4) is 0 Å². The third kappa shape index (κ3) is 6.99. The Morgan fingerprint density at radius 3 is 2.55 bits per heavy atom. The molecule has 33 heavy (non-hydrogen) atoms. The normalized spacial score (nSPS) is 24.8. The van der Waals surface area contributed by atoms with Gasteiger partial charge in [0.25, 0.3) is 0 Å². The molecule has 1 aromatic heterocycles. The molecular formula is C24H38N4O4S. The summed E-state index contributed by atoms with van der Waals surface area (Å²) in [6.07, 6.45) is 7.48. The first kappa shape index (κ1) is 25.6. The quantitative estimate of drug-likeness (QED) is 0.433. The number of hydrogen-bond donors (Lipinski definition) is 2. The highest BCUT2D eigenvalue weighted by Gasteiger charge is 2.29. The van der Waals surface area contributed by atoms with Gasteiger partial charge in [-0.2, -0.15) is 0 Å². The van der Waals surface area contributed by atoms with E-state index in [2.05, 4.69) is 35.7 Å². The zero-order chi connectivity index (χ0) is 24.0. The largest absolute Gasteiger partial charge is 0.474 e. The van der Waals surface area contributed by atoms with Crippen LogP contribution in [0.4, 0.5) is 5.95 Å². The molecule has 0 aromatic carbocycles. The van der Waals surface area contributed by atoms with E-state index in [-0.39, 0.29) is 35.7 Å². The highest BCUT2D eigenvalue weighted by molar-refractivity contribution is 7.91. The monoisotopic (exact) mass is 478 g/mol. The molecule has 9 heteroatoms. The molecule has 1 aromatic rings. The van der Waals surface area contributed by atoms with Crippen molar-refractivity contribution in [2.45, 2.75) is 83.5 Å². The maximum Gasteiger partial charge on any atom is 0.223 e. The van der Waals surface area contributed by atoms with Gasteiger partial charge in [0.2, 0.25) is 11.8 Å². The molecule has 1 aliphatic heterocycles. The first-order valence-corrected chi connectivity index (χ1v) is 13.9. The minimum absolute atomic E-state index is 0.132. The fourth-order valence-electron chi connectivity index (χ4n) is 4.58. The number of anilines is 1. The molecule has 1 atom stereocenters. The van der Waals surface area contributed by atoms with Crippen LogP contribution in [0.3, 0.4) is 0 Å². The summed E-state index contributed by atoms with van der Waals surface area (Å²) in [7, 11) is -1.31. The predicted molar refractivity (Wildman–Crippen MR) is 132 cm³/mol. The van der Waals surface area contributed by atoms with Crippen LogP contribution in [0.5, 0.6) is 0 Å². The minimum Gasteiger partial charge on any atom is -0.474 e. The van der Waals surface area contributed by atoms with Crippen molar-refractivity contribution in [3.63, 3.8) is 0 Å². The van der Waals surface area contributed by atoms with Crippen LogP contribution >= 0.6 is 0 Å². The molecule has 0 bridgehead atoms. The van der Waals surface area contributed by atoms with Crippen molar-refractivity contribution in [2.24, 2.45) is 10.9 Å². The Kier molecular flexibility index (Phi) is 8.87. The molecule has 3 rings (SSSR count). The van der Waals surface area contributed by atoms with Crippen molar-refractivity contribution in [3.05, 3.63) is 24.0 Å². The summed E-state index contributed by atoms with van der Waals surface area (Å²) in [5.41, 5.74) is 2.29. The number of ether oxygens (including phenoxy) is 1. The average molecular weight is 479 g/mol. The van der Waals surface area contributed by atoms with Crippen molar-refractivity contribution < 1.29 is 18.3 Å². The molecule has 1 aliphatic carbocycles. The van der Waals surface area contributed by atoms with Crippen LogP contribution in [0.2, 0.25) is 0 Å². The third-order valence-electron chi connectivity index (χ3n) is 6.59. The number of allylic oxidation sites excluding steroid dienone is 1. The number of aliphatic hydroxyl groups is 1. The van der Waals surface area contributed by atoms with Gasteiger partial charge in [-0.1, -0.05) is 19.9 Å². The molecule has 2 fully saturated rings. The summed E-state index contributed by atoms with van der Waals surface area (Å²) in [4.78, 5) is 13.7. The van der Waals surface area contributed by atoms with E-state index in [1.54, 1.807) is 13.2 Å². The third-order valence-corrected chi connectivity index (χ3v) is 8.31. The van der Waals surface area contributed by atoms with Gasteiger partial charge < -0.3 is 15.2 Å². The second-order valence-electron chi connectivity index (χ2n) is 9.32. The predicted octanol–water partition coefficient (Wildman–Crippen LogP) is 3.61. The molecular weight excluding hydrogens is 440 g/mol. The number of nitrogens with one attached hydrogen (secondary N) is 1. The van der Waals surface area contributed by atoms with E-state index in [0.717, 1.165) is 44.1 Å². The van der Waals surface area contributed by atoms with Crippen LogP contribution in [-0.2, 0) is 14.6 Å². The highest BCUT2D eigenvalue weighted by atomic mass is 32.2. The van der Waals surface area contributed by atoms with Crippen LogP contribution < -0.4 is 5.32 Å². The van der Waals surface area contributed by atoms with Crippen molar-refractivity contribution in [1.29, 1.82) is 0 Å². The first-order chi connectivity index (χ1) is 15.7. The van der Waals surface area contributed by atoms with E-state index in [1.807, 2.05) is 0 Å². The van der Waals surface area contributed by atoms with E-state index >= 15 is 0 Å². The van der Waals surface area contributed by atoms with Gasteiger partial charge in [-0.25, -0.2) is 18.4 Å². The summed E-state index contributed by atoms with van der Waals surface area (Å²) in [6.45, 7) is 8.64. The lowest BCUT2D eigenvalue weighted by atomic mass is 9.81. The summed E-state index contributed by atoms with van der Waals surface area (Å²) in [5.74, 6) is 1.45. The standard InChI is InChI=1S/C24H38N4O4S/c1-5-6-16(2)27-24-26-15-21(22(28-24)17(3)18-7-9-19(29)10-8-18)23(25-4)32-20-11-13-33(30,31)14-12-20/h15-16,18-20,29H,3,5-14H2,1-2,4H3,(H,26,27,28)/b25-23+/t16?,18-,19-. The second kappa shape index (κ2) is 11.4. The van der Waals surface area contributed by atoms with Gasteiger partial charge in [0.05, 0.1) is 28.9 Å². The molecule has 1 saturated heterocycles. The van der Waals surface area contributed by atoms with E-state index in [0.29, 0.717) is 35.9 Å².